The van der Waals surface area contributed by atoms with E-state index in [4.69, 9.17) is 0 Å². The summed E-state index contributed by atoms with van der Waals surface area (Å²) in [4.78, 5) is 16.8. The Morgan fingerprint density at radius 2 is 1.90 bits per heavy atom. The van der Waals surface area contributed by atoms with E-state index in [1.807, 2.05) is 16.7 Å². The van der Waals surface area contributed by atoms with Crippen LogP contribution in [0.25, 0.3) is 0 Å². The molecule has 2 saturated heterocycles. The van der Waals surface area contributed by atoms with E-state index in [-0.39, 0.29) is 11.3 Å². The molecule has 0 aliphatic carbocycles. The normalized spacial score (nSPS) is 29.8. The molecule has 0 aromatic rings. The number of aliphatic hydroxyl groups is 1. The molecule has 1 N–H and O–H groups in total. The number of hydrogen-bond donors (Lipinski definition) is 1. The first-order valence-corrected chi connectivity index (χ1v) is 8.78. The van der Waals surface area contributed by atoms with Crippen molar-refractivity contribution in [2.45, 2.75) is 39.2 Å². The number of β-amino-alcohol motifs (C(OH)–C–C–N with tert-alkyl or cyclic N) is 1. The van der Waals surface area contributed by atoms with Crippen molar-refractivity contribution >= 4 is 17.7 Å². The zero-order chi connectivity index (χ0) is 14.8. The Labute approximate surface area is 126 Å². The largest absolute Gasteiger partial charge is 0.379 e. The van der Waals surface area contributed by atoms with Crippen LogP contribution in [0.2, 0.25) is 0 Å². The number of rotatable bonds is 3. The SMILES string of the molecule is CC(C)(C)CN1CCC[C@](O)(CN2CCSCC2)C1=O. The molecular weight excluding hydrogens is 272 g/mol. The zero-order valence-electron chi connectivity index (χ0n) is 13.0. The van der Waals surface area contributed by atoms with Crippen molar-refractivity contribution in [3.63, 3.8) is 0 Å². The van der Waals surface area contributed by atoms with E-state index in [2.05, 4.69) is 25.7 Å². The molecule has 0 aromatic carbocycles. The predicted octanol–water partition coefficient (Wildman–Crippen LogP) is 1.43. The summed E-state index contributed by atoms with van der Waals surface area (Å²) < 4.78 is 0. The zero-order valence-corrected chi connectivity index (χ0v) is 13.8. The number of carbonyl (C=O) groups is 1. The van der Waals surface area contributed by atoms with Crippen molar-refractivity contribution in [2.24, 2.45) is 5.41 Å². The number of piperidine rings is 1. The number of carbonyl (C=O) groups excluding carboxylic acids is 1. The lowest BCUT2D eigenvalue weighted by Gasteiger charge is -2.43. The molecule has 2 aliphatic heterocycles. The van der Waals surface area contributed by atoms with Gasteiger partial charge in [0, 0.05) is 44.2 Å². The molecule has 0 aromatic heterocycles. The Kier molecular flexibility index (Phi) is 5.03. The molecule has 2 heterocycles. The summed E-state index contributed by atoms with van der Waals surface area (Å²) in [6, 6.07) is 0. The summed E-state index contributed by atoms with van der Waals surface area (Å²) in [6.45, 7) is 10.4. The van der Waals surface area contributed by atoms with Gasteiger partial charge >= 0.3 is 0 Å². The average Bonchev–Trinajstić information content (AvgIpc) is 2.35. The van der Waals surface area contributed by atoms with Gasteiger partial charge in [0.1, 0.15) is 0 Å². The van der Waals surface area contributed by atoms with E-state index in [1.54, 1.807) is 0 Å². The summed E-state index contributed by atoms with van der Waals surface area (Å²) in [5.74, 6) is 2.16. The van der Waals surface area contributed by atoms with Gasteiger partial charge in [-0.2, -0.15) is 11.8 Å². The molecule has 0 bridgehead atoms. The van der Waals surface area contributed by atoms with Gasteiger partial charge in [-0.15, -0.1) is 0 Å². The predicted molar refractivity (Wildman–Crippen MR) is 84.0 cm³/mol. The number of nitrogens with zero attached hydrogens (tertiary/aromatic N) is 2. The summed E-state index contributed by atoms with van der Waals surface area (Å²) in [5.41, 5.74) is -1.08. The van der Waals surface area contributed by atoms with Crippen molar-refractivity contribution in [1.29, 1.82) is 0 Å². The minimum absolute atomic E-state index is 0.0584. The van der Waals surface area contributed by atoms with Gasteiger partial charge in [0.05, 0.1) is 0 Å². The molecule has 1 atom stereocenters. The first kappa shape index (κ1) is 16.1. The fraction of sp³-hybridized carbons (Fsp3) is 0.933. The van der Waals surface area contributed by atoms with Gasteiger partial charge in [-0.05, 0) is 18.3 Å². The van der Waals surface area contributed by atoms with Crippen LogP contribution in [-0.2, 0) is 4.79 Å². The van der Waals surface area contributed by atoms with E-state index in [0.29, 0.717) is 13.0 Å². The monoisotopic (exact) mass is 300 g/mol. The molecule has 5 heteroatoms. The number of hydrogen-bond acceptors (Lipinski definition) is 4. The van der Waals surface area contributed by atoms with Crippen LogP contribution in [0, 0.1) is 5.41 Å². The Morgan fingerprint density at radius 3 is 2.50 bits per heavy atom. The second-order valence-electron chi connectivity index (χ2n) is 7.31. The quantitative estimate of drug-likeness (QED) is 0.856. The van der Waals surface area contributed by atoms with Crippen molar-refractivity contribution in [2.75, 3.05) is 44.2 Å². The highest BCUT2D eigenvalue weighted by Gasteiger charge is 2.44. The van der Waals surface area contributed by atoms with E-state index < -0.39 is 5.60 Å². The molecule has 116 valence electrons. The minimum Gasteiger partial charge on any atom is -0.379 e. The van der Waals surface area contributed by atoms with Crippen LogP contribution < -0.4 is 0 Å². The van der Waals surface area contributed by atoms with E-state index in [0.717, 1.165) is 44.1 Å². The van der Waals surface area contributed by atoms with Crippen LogP contribution in [-0.4, -0.2) is 70.6 Å². The van der Waals surface area contributed by atoms with Crippen molar-refractivity contribution < 1.29 is 9.90 Å². The van der Waals surface area contributed by atoms with E-state index >= 15 is 0 Å². The lowest BCUT2D eigenvalue weighted by Crippen LogP contribution is -2.60. The first-order valence-electron chi connectivity index (χ1n) is 7.62. The molecule has 0 saturated carbocycles. The lowest BCUT2D eigenvalue weighted by molar-refractivity contribution is -0.160. The third kappa shape index (κ3) is 4.12. The molecule has 4 nitrogen and oxygen atoms in total. The minimum atomic E-state index is -1.16. The Morgan fingerprint density at radius 1 is 1.25 bits per heavy atom. The summed E-state index contributed by atoms with van der Waals surface area (Å²) >= 11 is 1.95. The van der Waals surface area contributed by atoms with Crippen LogP contribution in [0.1, 0.15) is 33.6 Å². The smallest absolute Gasteiger partial charge is 0.255 e. The number of likely N-dealkylation sites (tertiary alicyclic amines) is 1. The summed E-state index contributed by atoms with van der Waals surface area (Å²) in [5, 5.41) is 10.8. The molecule has 2 fully saturated rings. The third-order valence-electron chi connectivity index (χ3n) is 3.96. The fourth-order valence-corrected chi connectivity index (χ4v) is 4.04. The Balaban J connectivity index is 2.00. The first-order chi connectivity index (χ1) is 9.30. The number of thioether (sulfide) groups is 1. The topological polar surface area (TPSA) is 43.8 Å². The van der Waals surface area contributed by atoms with Gasteiger partial charge < -0.3 is 10.0 Å². The van der Waals surface area contributed by atoms with Gasteiger partial charge in [0.25, 0.3) is 5.91 Å². The highest BCUT2D eigenvalue weighted by Crippen LogP contribution is 2.27. The summed E-state index contributed by atoms with van der Waals surface area (Å²) in [7, 11) is 0. The molecule has 2 aliphatic rings. The summed E-state index contributed by atoms with van der Waals surface area (Å²) in [6.07, 6.45) is 1.51. The van der Waals surface area contributed by atoms with Crippen LogP contribution >= 0.6 is 11.8 Å². The van der Waals surface area contributed by atoms with Crippen LogP contribution in [0.4, 0.5) is 0 Å². The Hall–Kier alpha value is -0.260. The maximum absolute atomic E-state index is 12.6. The van der Waals surface area contributed by atoms with Crippen LogP contribution in [0.15, 0.2) is 0 Å². The van der Waals surface area contributed by atoms with E-state index in [1.165, 1.54) is 0 Å². The Bertz CT molecular complexity index is 350. The molecule has 20 heavy (non-hydrogen) atoms. The van der Waals surface area contributed by atoms with Crippen molar-refractivity contribution in [3.8, 4) is 0 Å². The molecular formula is C15H28N2O2S. The molecule has 2 rings (SSSR count). The number of amides is 1. The van der Waals surface area contributed by atoms with Gasteiger partial charge in [-0.3, -0.25) is 9.69 Å². The van der Waals surface area contributed by atoms with E-state index in [9.17, 15) is 9.90 Å². The van der Waals surface area contributed by atoms with Gasteiger partial charge in [0.2, 0.25) is 0 Å². The fourth-order valence-electron chi connectivity index (χ4n) is 3.06. The standard InChI is InChI=1S/C15H28N2O2S/c1-14(2,3)11-17-6-4-5-15(19,13(17)18)12-16-7-9-20-10-8-16/h19H,4-12H2,1-3H3/t15-/m0/s1. The average molecular weight is 300 g/mol. The molecule has 0 spiro atoms. The van der Waals surface area contributed by atoms with Gasteiger partial charge in [-0.1, -0.05) is 20.8 Å². The highest BCUT2D eigenvalue weighted by atomic mass is 32.2. The maximum Gasteiger partial charge on any atom is 0.255 e. The highest BCUT2D eigenvalue weighted by molar-refractivity contribution is 7.99. The second-order valence-corrected chi connectivity index (χ2v) is 8.54. The van der Waals surface area contributed by atoms with Crippen molar-refractivity contribution in [3.05, 3.63) is 0 Å². The van der Waals surface area contributed by atoms with Gasteiger partial charge in [0.15, 0.2) is 5.60 Å². The lowest BCUT2D eigenvalue weighted by atomic mass is 9.88. The van der Waals surface area contributed by atoms with Crippen LogP contribution in [0.5, 0.6) is 0 Å². The molecule has 0 unspecified atom stereocenters. The third-order valence-corrected chi connectivity index (χ3v) is 4.90. The van der Waals surface area contributed by atoms with Gasteiger partial charge in [-0.25, -0.2) is 0 Å². The second kappa shape index (κ2) is 6.24. The molecule has 0 radical (unpaired) electrons. The maximum atomic E-state index is 12.6. The van der Waals surface area contributed by atoms with Crippen molar-refractivity contribution in [1.82, 2.24) is 9.80 Å². The molecule has 1 amide bonds. The van der Waals surface area contributed by atoms with Crippen LogP contribution in [0.3, 0.4) is 0 Å².